The van der Waals surface area contributed by atoms with Crippen molar-refractivity contribution in [2.45, 2.75) is 20.3 Å². The van der Waals surface area contributed by atoms with Gasteiger partial charge in [-0.3, -0.25) is 4.79 Å². The number of nitrogens with zero attached hydrogens (tertiary/aromatic N) is 1. The van der Waals surface area contributed by atoms with E-state index in [0.717, 1.165) is 17.5 Å². The molecule has 0 bridgehead atoms. The van der Waals surface area contributed by atoms with Crippen LogP contribution < -0.4 is 5.32 Å². The van der Waals surface area contributed by atoms with Gasteiger partial charge >= 0.3 is 0 Å². The van der Waals surface area contributed by atoms with Gasteiger partial charge in [-0.25, -0.2) is 4.98 Å². The van der Waals surface area contributed by atoms with Gasteiger partial charge in [-0.15, -0.1) is 0 Å². The van der Waals surface area contributed by atoms with E-state index in [2.05, 4.69) is 10.3 Å². The molecule has 4 heteroatoms. The molecule has 0 unspecified atom stereocenters. The van der Waals surface area contributed by atoms with E-state index in [-0.39, 0.29) is 5.91 Å². The van der Waals surface area contributed by atoms with Crippen molar-refractivity contribution in [1.29, 1.82) is 0 Å². The Morgan fingerprint density at radius 2 is 2.11 bits per heavy atom. The average Bonchev–Trinajstić information content (AvgIpc) is 2.42. The molecule has 3 nitrogen and oxygen atoms in total. The monoisotopic (exact) mass is 274 g/mol. The van der Waals surface area contributed by atoms with Crippen LogP contribution in [0, 0.1) is 6.92 Å². The van der Waals surface area contributed by atoms with Crippen LogP contribution in [0.4, 0.5) is 5.69 Å². The molecule has 0 atom stereocenters. The van der Waals surface area contributed by atoms with E-state index >= 15 is 0 Å². The third kappa shape index (κ3) is 3.12. The highest BCUT2D eigenvalue weighted by Gasteiger charge is 2.12. The molecule has 0 saturated carbocycles. The zero-order valence-electron chi connectivity index (χ0n) is 10.9. The van der Waals surface area contributed by atoms with E-state index in [1.54, 1.807) is 6.20 Å². The molecule has 1 N–H and O–H groups in total. The van der Waals surface area contributed by atoms with Gasteiger partial charge in [0, 0.05) is 11.8 Å². The van der Waals surface area contributed by atoms with Gasteiger partial charge in [-0.2, -0.15) is 0 Å². The lowest BCUT2D eigenvalue weighted by molar-refractivity contribution is 0.102. The summed E-state index contributed by atoms with van der Waals surface area (Å²) in [6.45, 7) is 3.92. The van der Waals surface area contributed by atoms with E-state index in [1.807, 2.05) is 44.2 Å². The summed E-state index contributed by atoms with van der Waals surface area (Å²) in [7, 11) is 0. The minimum absolute atomic E-state index is 0.160. The molecule has 0 aliphatic rings. The molecular formula is C15H15ClN2O. The van der Waals surface area contributed by atoms with Gasteiger partial charge in [0.25, 0.3) is 5.91 Å². The summed E-state index contributed by atoms with van der Waals surface area (Å²) >= 11 is 5.98. The number of hydrogen-bond donors (Lipinski definition) is 1. The van der Waals surface area contributed by atoms with Crippen molar-refractivity contribution in [3.63, 3.8) is 0 Å². The van der Waals surface area contributed by atoms with Gasteiger partial charge in [0.15, 0.2) is 5.15 Å². The minimum Gasteiger partial charge on any atom is -0.319 e. The lowest BCUT2D eigenvalue weighted by atomic mass is 10.0. The molecule has 2 aromatic rings. The third-order valence-electron chi connectivity index (χ3n) is 2.87. The maximum atomic E-state index is 12.3. The van der Waals surface area contributed by atoms with Crippen LogP contribution in [0.25, 0.3) is 0 Å². The van der Waals surface area contributed by atoms with Crippen LogP contribution in [0.15, 0.2) is 36.5 Å². The highest BCUT2D eigenvalue weighted by Crippen LogP contribution is 2.21. The predicted molar refractivity (Wildman–Crippen MR) is 77.8 cm³/mol. The molecule has 2 rings (SSSR count). The zero-order chi connectivity index (χ0) is 13.8. The number of anilines is 1. The number of aryl methyl sites for hydroxylation is 2. The van der Waals surface area contributed by atoms with Crippen molar-refractivity contribution < 1.29 is 4.79 Å². The highest BCUT2D eigenvalue weighted by atomic mass is 35.5. The topological polar surface area (TPSA) is 42.0 Å². The molecule has 0 aliphatic heterocycles. The second-order valence-corrected chi connectivity index (χ2v) is 4.67. The van der Waals surface area contributed by atoms with Gasteiger partial charge in [0.2, 0.25) is 0 Å². The number of aromatic nitrogens is 1. The van der Waals surface area contributed by atoms with Gasteiger partial charge < -0.3 is 5.32 Å². The Morgan fingerprint density at radius 1 is 1.37 bits per heavy atom. The van der Waals surface area contributed by atoms with Crippen LogP contribution in [-0.2, 0) is 6.42 Å². The summed E-state index contributed by atoms with van der Waals surface area (Å²) < 4.78 is 0. The number of hydrogen-bond acceptors (Lipinski definition) is 2. The van der Waals surface area contributed by atoms with Crippen LogP contribution in [0.5, 0.6) is 0 Å². The Balaban J connectivity index is 2.28. The fraction of sp³-hybridized carbons (Fsp3) is 0.200. The average molecular weight is 275 g/mol. The molecule has 0 fully saturated rings. The van der Waals surface area contributed by atoms with E-state index in [1.165, 1.54) is 0 Å². The Kier molecular flexibility index (Phi) is 4.17. The number of carbonyl (C=O) groups excluding carboxylic acids is 1. The summed E-state index contributed by atoms with van der Waals surface area (Å²) in [5.41, 5.74) is 3.17. The number of rotatable bonds is 3. The first-order valence-electron chi connectivity index (χ1n) is 6.13. The third-order valence-corrected chi connectivity index (χ3v) is 3.17. The second kappa shape index (κ2) is 5.85. The van der Waals surface area contributed by atoms with Gasteiger partial charge in [0.1, 0.15) is 0 Å². The highest BCUT2D eigenvalue weighted by molar-refractivity contribution is 6.32. The number of nitrogens with one attached hydrogen (secondary N) is 1. The number of amides is 1. The molecule has 1 aromatic carbocycles. The van der Waals surface area contributed by atoms with Crippen molar-refractivity contribution in [2.75, 3.05) is 5.32 Å². The first kappa shape index (κ1) is 13.6. The standard InChI is InChI=1S/C15H15ClN2O/c1-3-11-6-4-5-7-12(11)15(19)18-13-8-10(2)9-17-14(13)16/h4-9H,3H2,1-2H3,(H,18,19). The van der Waals surface area contributed by atoms with Crippen LogP contribution in [-0.4, -0.2) is 10.9 Å². The van der Waals surface area contributed by atoms with E-state index in [4.69, 9.17) is 11.6 Å². The summed E-state index contributed by atoms with van der Waals surface area (Å²) in [5.74, 6) is -0.160. The van der Waals surface area contributed by atoms with E-state index in [0.29, 0.717) is 16.4 Å². The van der Waals surface area contributed by atoms with Crippen molar-refractivity contribution in [1.82, 2.24) is 4.98 Å². The number of benzene rings is 1. The molecule has 19 heavy (non-hydrogen) atoms. The largest absolute Gasteiger partial charge is 0.319 e. The number of pyridine rings is 1. The molecule has 0 saturated heterocycles. The quantitative estimate of drug-likeness (QED) is 0.864. The maximum Gasteiger partial charge on any atom is 0.256 e. The summed E-state index contributed by atoms with van der Waals surface area (Å²) in [6, 6.07) is 9.35. The molecule has 1 heterocycles. The molecule has 1 aromatic heterocycles. The van der Waals surface area contributed by atoms with Crippen LogP contribution in [0.2, 0.25) is 5.15 Å². The molecular weight excluding hydrogens is 260 g/mol. The summed E-state index contributed by atoms with van der Waals surface area (Å²) in [4.78, 5) is 16.3. The second-order valence-electron chi connectivity index (χ2n) is 4.32. The smallest absolute Gasteiger partial charge is 0.256 e. The van der Waals surface area contributed by atoms with Gasteiger partial charge in [-0.1, -0.05) is 36.7 Å². The van der Waals surface area contributed by atoms with Crippen LogP contribution >= 0.6 is 11.6 Å². The summed E-state index contributed by atoms with van der Waals surface area (Å²) in [6.07, 6.45) is 2.47. The number of halogens is 1. The Hall–Kier alpha value is -1.87. The first-order chi connectivity index (χ1) is 9.11. The Morgan fingerprint density at radius 3 is 2.84 bits per heavy atom. The maximum absolute atomic E-state index is 12.3. The van der Waals surface area contributed by atoms with Crippen LogP contribution in [0.3, 0.4) is 0 Å². The zero-order valence-corrected chi connectivity index (χ0v) is 11.7. The predicted octanol–water partition coefficient (Wildman–Crippen LogP) is 3.86. The minimum atomic E-state index is -0.160. The van der Waals surface area contributed by atoms with E-state index in [9.17, 15) is 4.79 Å². The van der Waals surface area contributed by atoms with Crippen molar-refractivity contribution in [2.24, 2.45) is 0 Å². The van der Waals surface area contributed by atoms with Crippen molar-refractivity contribution >= 4 is 23.2 Å². The van der Waals surface area contributed by atoms with Crippen molar-refractivity contribution in [3.8, 4) is 0 Å². The summed E-state index contributed by atoms with van der Waals surface area (Å²) in [5, 5.41) is 3.11. The Labute approximate surface area is 117 Å². The van der Waals surface area contributed by atoms with Crippen LogP contribution in [0.1, 0.15) is 28.4 Å². The van der Waals surface area contributed by atoms with Gasteiger partial charge in [0.05, 0.1) is 5.69 Å². The van der Waals surface area contributed by atoms with E-state index < -0.39 is 0 Å². The first-order valence-corrected chi connectivity index (χ1v) is 6.51. The molecule has 98 valence electrons. The SMILES string of the molecule is CCc1ccccc1C(=O)Nc1cc(C)cnc1Cl. The van der Waals surface area contributed by atoms with Crippen molar-refractivity contribution in [3.05, 3.63) is 58.4 Å². The lowest BCUT2D eigenvalue weighted by Gasteiger charge is -2.10. The fourth-order valence-corrected chi connectivity index (χ4v) is 2.03. The molecule has 0 spiro atoms. The molecule has 0 radical (unpaired) electrons. The molecule has 0 aliphatic carbocycles. The number of carbonyl (C=O) groups is 1. The van der Waals surface area contributed by atoms with Gasteiger partial charge in [-0.05, 0) is 36.6 Å². The fourth-order valence-electron chi connectivity index (χ4n) is 1.88. The lowest BCUT2D eigenvalue weighted by Crippen LogP contribution is -2.14. The molecule has 1 amide bonds. The normalized spacial score (nSPS) is 10.3. The Bertz CT molecular complexity index is 611.